The number of hydrogen-bond donors (Lipinski definition) is 0. The van der Waals surface area contributed by atoms with Crippen molar-refractivity contribution in [1.82, 2.24) is 0 Å². The molecule has 2 aromatic heterocycles. The van der Waals surface area contributed by atoms with Gasteiger partial charge in [-0.15, -0.1) is 0 Å². The fourth-order valence-corrected chi connectivity index (χ4v) is 1.70. The van der Waals surface area contributed by atoms with Crippen molar-refractivity contribution in [2.45, 2.75) is 26.9 Å². The zero-order chi connectivity index (χ0) is 12.8. The molecule has 0 atom stereocenters. The number of pyridine rings is 2. The minimum absolute atomic E-state index is 0.923. The van der Waals surface area contributed by atoms with Crippen molar-refractivity contribution in [3.63, 3.8) is 0 Å². The summed E-state index contributed by atoms with van der Waals surface area (Å²) < 4.78 is 4.34. The Morgan fingerprint density at radius 1 is 0.722 bits per heavy atom. The normalized spacial score (nSPS) is 11.0. The molecule has 2 heterocycles. The summed E-state index contributed by atoms with van der Waals surface area (Å²) in [6.45, 7) is 6.06. The van der Waals surface area contributed by atoms with Crippen LogP contribution in [-0.4, -0.2) is 0 Å². The van der Waals surface area contributed by atoms with E-state index < -0.39 is 0 Å². The van der Waals surface area contributed by atoms with Gasteiger partial charge in [-0.2, -0.15) is 0 Å². The van der Waals surface area contributed by atoms with Crippen molar-refractivity contribution in [1.29, 1.82) is 0 Å². The van der Waals surface area contributed by atoms with Crippen LogP contribution in [0.1, 0.15) is 11.1 Å². The lowest BCUT2D eigenvalue weighted by atomic mass is 10.3. The highest BCUT2D eigenvalue weighted by atomic mass is 14.9. The first-order valence-corrected chi connectivity index (χ1v) is 6.30. The Labute approximate surface area is 109 Å². The van der Waals surface area contributed by atoms with Crippen LogP contribution in [-0.2, 0) is 13.1 Å². The summed E-state index contributed by atoms with van der Waals surface area (Å²) in [6, 6.07) is 8.51. The highest BCUT2D eigenvalue weighted by Gasteiger charge is 1.97. The zero-order valence-electron chi connectivity index (χ0n) is 11.1. The molecule has 0 saturated heterocycles. The fourth-order valence-electron chi connectivity index (χ4n) is 1.70. The van der Waals surface area contributed by atoms with Gasteiger partial charge in [0.15, 0.2) is 37.9 Å². The van der Waals surface area contributed by atoms with Gasteiger partial charge in [0.2, 0.25) is 0 Å². The predicted molar refractivity (Wildman–Crippen MR) is 71.9 cm³/mol. The van der Waals surface area contributed by atoms with Crippen molar-refractivity contribution in [3.05, 3.63) is 72.3 Å². The second-order valence-corrected chi connectivity index (χ2v) is 4.62. The lowest BCUT2D eigenvalue weighted by molar-refractivity contribution is -0.691. The van der Waals surface area contributed by atoms with Gasteiger partial charge in [0.05, 0.1) is 0 Å². The van der Waals surface area contributed by atoms with E-state index in [1.165, 1.54) is 11.1 Å². The van der Waals surface area contributed by atoms with Crippen LogP contribution in [0.3, 0.4) is 0 Å². The van der Waals surface area contributed by atoms with Gasteiger partial charge >= 0.3 is 0 Å². The molecule has 0 aliphatic heterocycles. The Morgan fingerprint density at radius 3 is 1.39 bits per heavy atom. The molecule has 0 saturated carbocycles. The van der Waals surface area contributed by atoms with Gasteiger partial charge in [-0.25, -0.2) is 9.13 Å². The third kappa shape index (κ3) is 3.81. The van der Waals surface area contributed by atoms with Gasteiger partial charge in [-0.05, 0) is 37.1 Å². The summed E-state index contributed by atoms with van der Waals surface area (Å²) in [4.78, 5) is 0. The first-order valence-electron chi connectivity index (χ1n) is 6.30. The SMILES string of the molecule is Cc1cc[n+](C/C=C/C[n+]2ccc(C)cc2)cc1. The van der Waals surface area contributed by atoms with E-state index in [2.05, 4.69) is 84.2 Å². The summed E-state index contributed by atoms with van der Waals surface area (Å²) in [6.07, 6.45) is 12.8. The maximum atomic E-state index is 2.20. The minimum Gasteiger partial charge on any atom is -0.201 e. The maximum Gasteiger partial charge on any atom is 0.169 e. The minimum atomic E-state index is 0.923. The van der Waals surface area contributed by atoms with E-state index in [-0.39, 0.29) is 0 Å². The average Bonchev–Trinajstić information content (AvgIpc) is 2.39. The molecule has 0 fully saturated rings. The van der Waals surface area contributed by atoms with Crippen LogP contribution in [0.2, 0.25) is 0 Å². The summed E-state index contributed by atoms with van der Waals surface area (Å²) in [5.41, 5.74) is 2.59. The smallest absolute Gasteiger partial charge is 0.169 e. The lowest BCUT2D eigenvalue weighted by Crippen LogP contribution is -2.33. The van der Waals surface area contributed by atoms with Crippen LogP contribution >= 0.6 is 0 Å². The van der Waals surface area contributed by atoms with Crippen LogP contribution in [0.4, 0.5) is 0 Å². The Kier molecular flexibility index (Phi) is 4.24. The van der Waals surface area contributed by atoms with Crippen LogP contribution in [0, 0.1) is 13.8 Å². The van der Waals surface area contributed by atoms with Gasteiger partial charge in [0, 0.05) is 24.3 Å². The Bertz CT molecular complexity index is 460. The third-order valence-corrected chi connectivity index (χ3v) is 2.91. The number of aryl methyl sites for hydroxylation is 2. The van der Waals surface area contributed by atoms with Gasteiger partial charge in [0.1, 0.15) is 0 Å². The molecule has 2 nitrogen and oxygen atoms in total. The molecule has 0 bridgehead atoms. The molecule has 2 aromatic rings. The first-order chi connectivity index (χ1) is 8.74. The van der Waals surface area contributed by atoms with Crippen molar-refractivity contribution < 1.29 is 9.13 Å². The number of nitrogens with zero attached hydrogens (tertiary/aromatic N) is 2. The Morgan fingerprint density at radius 2 is 1.06 bits per heavy atom. The largest absolute Gasteiger partial charge is 0.201 e. The van der Waals surface area contributed by atoms with E-state index >= 15 is 0 Å². The molecule has 0 aliphatic rings. The molecular weight excluding hydrogens is 220 g/mol. The fraction of sp³-hybridized carbons (Fsp3) is 0.250. The number of allylic oxidation sites excluding steroid dienone is 2. The molecular formula is C16H20N2+2. The lowest BCUT2D eigenvalue weighted by Gasteiger charge is -1.93. The van der Waals surface area contributed by atoms with Crippen molar-refractivity contribution in [3.8, 4) is 0 Å². The van der Waals surface area contributed by atoms with Crippen LogP contribution < -0.4 is 9.13 Å². The molecule has 0 radical (unpaired) electrons. The van der Waals surface area contributed by atoms with Crippen molar-refractivity contribution in [2.24, 2.45) is 0 Å². The summed E-state index contributed by atoms with van der Waals surface area (Å²) in [5.74, 6) is 0. The molecule has 18 heavy (non-hydrogen) atoms. The van der Waals surface area contributed by atoms with E-state index in [4.69, 9.17) is 0 Å². The molecule has 0 aromatic carbocycles. The van der Waals surface area contributed by atoms with E-state index in [0.717, 1.165) is 13.1 Å². The van der Waals surface area contributed by atoms with Gasteiger partial charge in [0.25, 0.3) is 0 Å². The number of rotatable bonds is 4. The molecule has 0 unspecified atom stereocenters. The average molecular weight is 240 g/mol. The molecule has 0 aliphatic carbocycles. The summed E-state index contributed by atoms with van der Waals surface area (Å²) >= 11 is 0. The van der Waals surface area contributed by atoms with Crippen molar-refractivity contribution >= 4 is 0 Å². The summed E-state index contributed by atoms with van der Waals surface area (Å²) in [7, 11) is 0. The maximum absolute atomic E-state index is 2.20. The number of aromatic nitrogens is 2. The quantitative estimate of drug-likeness (QED) is 0.571. The van der Waals surface area contributed by atoms with Crippen LogP contribution in [0.15, 0.2) is 61.2 Å². The second-order valence-electron chi connectivity index (χ2n) is 4.62. The van der Waals surface area contributed by atoms with Crippen LogP contribution in [0.25, 0.3) is 0 Å². The Balaban J connectivity index is 1.85. The second kappa shape index (κ2) is 6.10. The molecule has 0 N–H and O–H groups in total. The highest BCUT2D eigenvalue weighted by Crippen LogP contribution is 1.91. The standard InChI is InChI=1S/C16H20N2/c1-15-5-11-17(12-6-15)9-3-4-10-18-13-7-16(2)8-14-18/h3-8,11-14H,9-10H2,1-2H3/q+2/b4-3+. The van der Waals surface area contributed by atoms with Crippen LogP contribution in [0.5, 0.6) is 0 Å². The number of hydrogen-bond acceptors (Lipinski definition) is 0. The monoisotopic (exact) mass is 240 g/mol. The van der Waals surface area contributed by atoms with E-state index in [9.17, 15) is 0 Å². The molecule has 0 spiro atoms. The third-order valence-electron chi connectivity index (χ3n) is 2.91. The van der Waals surface area contributed by atoms with E-state index in [1.807, 2.05) is 0 Å². The van der Waals surface area contributed by atoms with Gasteiger partial charge < -0.3 is 0 Å². The van der Waals surface area contributed by atoms with E-state index in [1.54, 1.807) is 0 Å². The highest BCUT2D eigenvalue weighted by molar-refractivity contribution is 5.03. The van der Waals surface area contributed by atoms with Crippen molar-refractivity contribution in [2.75, 3.05) is 0 Å². The predicted octanol–water partition coefficient (Wildman–Crippen LogP) is 2.13. The molecule has 2 rings (SSSR count). The molecule has 0 amide bonds. The first kappa shape index (κ1) is 12.5. The van der Waals surface area contributed by atoms with E-state index in [0.29, 0.717) is 0 Å². The Hall–Kier alpha value is -1.96. The summed E-state index contributed by atoms with van der Waals surface area (Å²) in [5, 5.41) is 0. The topological polar surface area (TPSA) is 7.76 Å². The van der Waals surface area contributed by atoms with Gasteiger partial charge in [-0.3, -0.25) is 0 Å². The zero-order valence-corrected chi connectivity index (χ0v) is 11.1. The van der Waals surface area contributed by atoms with Gasteiger partial charge in [-0.1, -0.05) is 0 Å². The molecule has 92 valence electrons. The molecule has 2 heteroatoms.